The maximum absolute atomic E-state index is 9.20. The average molecular weight is 271 g/mol. The van der Waals surface area contributed by atoms with Gasteiger partial charge in [0.1, 0.15) is 6.07 Å². The largest absolute Gasteiger partial charge is 0.395 e. The molecule has 0 aliphatic heterocycles. The Kier molecular flexibility index (Phi) is 5.63. The first-order valence-corrected chi connectivity index (χ1v) is 6.88. The number of anilines is 1. The van der Waals surface area contributed by atoms with Gasteiger partial charge in [-0.3, -0.25) is 0 Å². The second-order valence-electron chi connectivity index (χ2n) is 3.69. The van der Waals surface area contributed by atoms with Crippen molar-refractivity contribution < 1.29 is 5.11 Å². The number of hydrogen-bond donors (Lipinski definition) is 2. The van der Waals surface area contributed by atoms with Gasteiger partial charge in [0.05, 0.1) is 17.9 Å². The van der Waals surface area contributed by atoms with E-state index in [-0.39, 0.29) is 17.9 Å². The summed E-state index contributed by atoms with van der Waals surface area (Å²) in [6.45, 7) is 2.07. The first-order chi connectivity index (χ1) is 8.12. The zero-order chi connectivity index (χ0) is 12.8. The molecule has 0 saturated heterocycles. The molecule has 0 amide bonds. The van der Waals surface area contributed by atoms with E-state index in [0.29, 0.717) is 16.3 Å². The Morgan fingerprint density at radius 3 is 2.82 bits per heavy atom. The molecular formula is C12H15ClN2OS. The molecule has 2 unspecified atom stereocenters. The maximum atomic E-state index is 9.20. The fourth-order valence-electron chi connectivity index (χ4n) is 1.51. The van der Waals surface area contributed by atoms with E-state index in [9.17, 15) is 5.11 Å². The summed E-state index contributed by atoms with van der Waals surface area (Å²) in [4.78, 5) is 0. The minimum Gasteiger partial charge on any atom is -0.395 e. The normalized spacial score (nSPS) is 13.8. The fourth-order valence-corrected chi connectivity index (χ4v) is 2.31. The molecule has 92 valence electrons. The van der Waals surface area contributed by atoms with E-state index < -0.39 is 0 Å². The highest BCUT2D eigenvalue weighted by molar-refractivity contribution is 7.99. The lowest BCUT2D eigenvalue weighted by molar-refractivity contribution is 0.288. The SMILES string of the molecule is CSC(CO)C(C)Nc1cc(Cl)ccc1C#N. The summed E-state index contributed by atoms with van der Waals surface area (Å²) in [6, 6.07) is 7.27. The van der Waals surface area contributed by atoms with Crippen molar-refractivity contribution in [3.8, 4) is 6.07 Å². The topological polar surface area (TPSA) is 56.0 Å². The monoisotopic (exact) mass is 270 g/mol. The van der Waals surface area contributed by atoms with Crippen LogP contribution in [0.25, 0.3) is 0 Å². The molecule has 0 saturated carbocycles. The summed E-state index contributed by atoms with van der Waals surface area (Å²) in [5.41, 5.74) is 1.26. The molecule has 0 fully saturated rings. The van der Waals surface area contributed by atoms with Gasteiger partial charge in [-0.2, -0.15) is 17.0 Å². The standard InChI is InChI=1S/C12H15ClN2OS/c1-8(12(7-16)17-2)15-11-5-10(13)4-3-9(11)6-14/h3-5,8,12,15-16H,7H2,1-2H3. The van der Waals surface area contributed by atoms with E-state index >= 15 is 0 Å². The number of halogens is 1. The van der Waals surface area contributed by atoms with Crippen molar-refractivity contribution in [2.24, 2.45) is 0 Å². The number of benzene rings is 1. The summed E-state index contributed by atoms with van der Waals surface area (Å²) in [7, 11) is 0. The first-order valence-electron chi connectivity index (χ1n) is 5.22. The predicted octanol–water partition coefficient (Wildman–Crippen LogP) is 2.74. The van der Waals surface area contributed by atoms with Crippen LogP contribution >= 0.6 is 23.4 Å². The number of aliphatic hydroxyl groups excluding tert-OH is 1. The van der Waals surface area contributed by atoms with Gasteiger partial charge in [-0.1, -0.05) is 11.6 Å². The molecule has 2 N–H and O–H groups in total. The van der Waals surface area contributed by atoms with E-state index in [1.807, 2.05) is 13.2 Å². The molecular weight excluding hydrogens is 256 g/mol. The van der Waals surface area contributed by atoms with Gasteiger partial charge in [0.2, 0.25) is 0 Å². The molecule has 3 nitrogen and oxygen atoms in total. The van der Waals surface area contributed by atoms with Crippen LogP contribution in [-0.2, 0) is 0 Å². The Morgan fingerprint density at radius 1 is 1.59 bits per heavy atom. The van der Waals surface area contributed by atoms with Gasteiger partial charge in [-0.05, 0) is 31.4 Å². The zero-order valence-electron chi connectivity index (χ0n) is 9.77. The van der Waals surface area contributed by atoms with Crippen molar-refractivity contribution >= 4 is 29.1 Å². The quantitative estimate of drug-likeness (QED) is 0.864. The lowest BCUT2D eigenvalue weighted by Gasteiger charge is -2.23. The molecule has 0 radical (unpaired) electrons. The molecule has 0 aliphatic rings. The number of nitrogens with one attached hydrogen (secondary N) is 1. The van der Waals surface area contributed by atoms with Gasteiger partial charge in [0, 0.05) is 16.3 Å². The van der Waals surface area contributed by atoms with Crippen molar-refractivity contribution in [3.05, 3.63) is 28.8 Å². The van der Waals surface area contributed by atoms with Crippen LogP contribution in [0.15, 0.2) is 18.2 Å². The van der Waals surface area contributed by atoms with E-state index in [2.05, 4.69) is 11.4 Å². The Hall–Kier alpha value is -0.890. The van der Waals surface area contributed by atoms with Crippen LogP contribution in [-0.4, -0.2) is 29.3 Å². The molecule has 1 aromatic rings. The number of aliphatic hydroxyl groups is 1. The summed E-state index contributed by atoms with van der Waals surface area (Å²) >= 11 is 7.49. The molecule has 0 aliphatic carbocycles. The van der Waals surface area contributed by atoms with Crippen LogP contribution in [0.3, 0.4) is 0 Å². The van der Waals surface area contributed by atoms with Crippen LogP contribution in [0.1, 0.15) is 12.5 Å². The van der Waals surface area contributed by atoms with Crippen LogP contribution in [0, 0.1) is 11.3 Å². The summed E-state index contributed by atoms with van der Waals surface area (Å²) in [6.07, 6.45) is 1.95. The van der Waals surface area contributed by atoms with Gasteiger partial charge in [-0.15, -0.1) is 0 Å². The third kappa shape index (κ3) is 3.81. The van der Waals surface area contributed by atoms with Crippen molar-refractivity contribution in [3.63, 3.8) is 0 Å². The van der Waals surface area contributed by atoms with E-state index in [4.69, 9.17) is 16.9 Å². The number of hydrogen-bond acceptors (Lipinski definition) is 4. The maximum Gasteiger partial charge on any atom is 0.101 e. The molecule has 1 aromatic carbocycles. The van der Waals surface area contributed by atoms with Gasteiger partial charge in [0.15, 0.2) is 0 Å². The first kappa shape index (κ1) is 14.2. The van der Waals surface area contributed by atoms with Crippen LogP contribution < -0.4 is 5.32 Å². The molecule has 0 heterocycles. The third-order valence-corrected chi connectivity index (χ3v) is 3.92. The van der Waals surface area contributed by atoms with E-state index in [0.717, 1.165) is 0 Å². The molecule has 0 bridgehead atoms. The third-order valence-electron chi connectivity index (χ3n) is 2.53. The molecule has 17 heavy (non-hydrogen) atoms. The Balaban J connectivity index is 2.87. The number of thioether (sulfide) groups is 1. The molecule has 0 spiro atoms. The number of nitrogens with zero attached hydrogens (tertiary/aromatic N) is 1. The second-order valence-corrected chi connectivity index (χ2v) is 5.20. The smallest absolute Gasteiger partial charge is 0.101 e. The minimum absolute atomic E-state index is 0.0561. The number of nitriles is 1. The average Bonchev–Trinajstić information content (AvgIpc) is 2.31. The van der Waals surface area contributed by atoms with Crippen LogP contribution in [0.4, 0.5) is 5.69 Å². The molecule has 2 atom stereocenters. The minimum atomic E-state index is 0.0561. The van der Waals surface area contributed by atoms with Gasteiger partial charge < -0.3 is 10.4 Å². The Labute approximate surface area is 111 Å². The Bertz CT molecular complexity index is 415. The van der Waals surface area contributed by atoms with Crippen molar-refractivity contribution in [1.82, 2.24) is 0 Å². The lowest BCUT2D eigenvalue weighted by atomic mass is 10.1. The van der Waals surface area contributed by atoms with Crippen molar-refractivity contribution in [2.45, 2.75) is 18.2 Å². The second kappa shape index (κ2) is 6.75. The molecule has 5 heteroatoms. The predicted molar refractivity (Wildman–Crippen MR) is 73.6 cm³/mol. The van der Waals surface area contributed by atoms with Crippen molar-refractivity contribution in [1.29, 1.82) is 5.26 Å². The van der Waals surface area contributed by atoms with Gasteiger partial charge >= 0.3 is 0 Å². The van der Waals surface area contributed by atoms with E-state index in [1.54, 1.807) is 30.0 Å². The van der Waals surface area contributed by atoms with Crippen LogP contribution in [0.2, 0.25) is 5.02 Å². The summed E-state index contributed by atoms with van der Waals surface area (Å²) < 4.78 is 0. The van der Waals surface area contributed by atoms with E-state index in [1.165, 1.54) is 0 Å². The summed E-state index contributed by atoms with van der Waals surface area (Å²) in [5, 5.41) is 22.1. The highest BCUT2D eigenvalue weighted by atomic mass is 35.5. The molecule has 0 aromatic heterocycles. The lowest BCUT2D eigenvalue weighted by Crippen LogP contribution is -2.31. The summed E-state index contributed by atoms with van der Waals surface area (Å²) in [5.74, 6) is 0. The van der Waals surface area contributed by atoms with Crippen LogP contribution in [0.5, 0.6) is 0 Å². The zero-order valence-corrected chi connectivity index (χ0v) is 11.3. The number of rotatable bonds is 5. The Morgan fingerprint density at radius 2 is 2.29 bits per heavy atom. The van der Waals surface area contributed by atoms with Crippen molar-refractivity contribution in [2.75, 3.05) is 18.2 Å². The van der Waals surface area contributed by atoms with Gasteiger partial charge in [-0.25, -0.2) is 0 Å². The molecule has 1 rings (SSSR count). The fraction of sp³-hybridized carbons (Fsp3) is 0.417. The van der Waals surface area contributed by atoms with Gasteiger partial charge in [0.25, 0.3) is 0 Å². The highest BCUT2D eigenvalue weighted by Crippen LogP contribution is 2.23. The highest BCUT2D eigenvalue weighted by Gasteiger charge is 2.16.